The fraction of sp³-hybridized carbons (Fsp3) is 0. The molecular weight excluding hydrogens is 302 g/mol. The van der Waals surface area contributed by atoms with Gasteiger partial charge in [-0.25, -0.2) is 5.43 Å². The molecule has 0 spiro atoms. The molecule has 3 rings (SSSR count). The molecule has 1 amide bonds. The van der Waals surface area contributed by atoms with Crippen molar-refractivity contribution >= 4 is 12.1 Å². The van der Waals surface area contributed by atoms with Crippen LogP contribution in [0.4, 0.5) is 0 Å². The number of para-hydroxylation sites is 1. The second kappa shape index (κ2) is 7.69. The van der Waals surface area contributed by atoms with Crippen LogP contribution >= 0.6 is 0 Å². The Bertz CT molecular complexity index is 816. The molecule has 0 bridgehead atoms. The molecule has 1 aromatic heterocycles. The van der Waals surface area contributed by atoms with Gasteiger partial charge in [0.25, 0.3) is 5.91 Å². The van der Waals surface area contributed by atoms with Gasteiger partial charge in [0.15, 0.2) is 0 Å². The van der Waals surface area contributed by atoms with Crippen molar-refractivity contribution in [2.45, 2.75) is 0 Å². The summed E-state index contributed by atoms with van der Waals surface area (Å²) in [5.74, 6) is 1.21. The lowest BCUT2D eigenvalue weighted by atomic mass is 10.2. The molecule has 2 aromatic carbocycles. The molecule has 3 aromatic rings. The fourth-order valence-corrected chi connectivity index (χ4v) is 1.97. The van der Waals surface area contributed by atoms with E-state index in [1.165, 1.54) is 6.20 Å². The Morgan fingerprint density at radius 3 is 2.42 bits per heavy atom. The molecule has 0 aliphatic heterocycles. The first-order valence-corrected chi connectivity index (χ1v) is 7.38. The van der Waals surface area contributed by atoms with Crippen molar-refractivity contribution in [2.75, 3.05) is 0 Å². The number of hydrogen-bond donors (Lipinski definition) is 1. The highest BCUT2D eigenvalue weighted by Crippen LogP contribution is 2.20. The number of amides is 1. The highest BCUT2D eigenvalue weighted by molar-refractivity contribution is 5.94. The third-order valence-electron chi connectivity index (χ3n) is 3.16. The largest absolute Gasteiger partial charge is 0.457 e. The summed E-state index contributed by atoms with van der Waals surface area (Å²) in [6.45, 7) is 0. The minimum absolute atomic E-state index is 0.302. The van der Waals surface area contributed by atoms with Gasteiger partial charge in [0.05, 0.1) is 11.8 Å². The number of carbonyl (C=O) groups is 1. The maximum absolute atomic E-state index is 11.8. The highest BCUT2D eigenvalue weighted by atomic mass is 16.5. The number of nitrogens with one attached hydrogen (secondary N) is 1. The summed E-state index contributed by atoms with van der Waals surface area (Å²) in [6, 6.07) is 20.3. The summed E-state index contributed by atoms with van der Waals surface area (Å²) < 4.78 is 5.71. The summed E-state index contributed by atoms with van der Waals surface area (Å²) in [6.07, 6.45) is 4.67. The van der Waals surface area contributed by atoms with Gasteiger partial charge in [0.1, 0.15) is 11.5 Å². The summed E-state index contributed by atoms with van der Waals surface area (Å²) in [5.41, 5.74) is 3.77. The third kappa shape index (κ3) is 4.27. The van der Waals surface area contributed by atoms with Gasteiger partial charge in [0, 0.05) is 12.4 Å². The molecule has 0 radical (unpaired) electrons. The zero-order valence-electron chi connectivity index (χ0n) is 12.8. The van der Waals surface area contributed by atoms with E-state index in [1.54, 1.807) is 24.5 Å². The van der Waals surface area contributed by atoms with Crippen molar-refractivity contribution < 1.29 is 9.53 Å². The van der Waals surface area contributed by atoms with E-state index < -0.39 is 0 Å². The summed E-state index contributed by atoms with van der Waals surface area (Å²) in [5, 5.41) is 3.94. The van der Waals surface area contributed by atoms with Crippen LogP contribution in [-0.2, 0) is 0 Å². The quantitative estimate of drug-likeness (QED) is 0.577. The zero-order chi connectivity index (χ0) is 16.6. The van der Waals surface area contributed by atoms with Crippen LogP contribution in [0.5, 0.6) is 11.5 Å². The Balaban J connectivity index is 1.57. The number of nitrogens with zero attached hydrogens (tertiary/aromatic N) is 2. The lowest BCUT2D eigenvalue weighted by molar-refractivity contribution is 0.0955. The van der Waals surface area contributed by atoms with E-state index in [0.717, 1.165) is 17.1 Å². The number of aromatic nitrogens is 1. The molecule has 0 aliphatic carbocycles. The number of benzene rings is 2. The molecule has 5 heteroatoms. The number of hydrazone groups is 1. The molecular formula is C19H15N3O2. The van der Waals surface area contributed by atoms with Gasteiger partial charge < -0.3 is 4.74 Å². The summed E-state index contributed by atoms with van der Waals surface area (Å²) in [4.78, 5) is 15.7. The lowest BCUT2D eigenvalue weighted by Gasteiger charge is -2.05. The van der Waals surface area contributed by atoms with Crippen LogP contribution in [0.1, 0.15) is 15.9 Å². The van der Waals surface area contributed by atoms with Gasteiger partial charge in [0.2, 0.25) is 0 Å². The third-order valence-corrected chi connectivity index (χ3v) is 3.16. The van der Waals surface area contributed by atoms with Crippen LogP contribution in [-0.4, -0.2) is 17.1 Å². The SMILES string of the molecule is O=C(NN=Cc1ccc(Oc2ccccc2)cc1)c1cccnc1. The van der Waals surface area contributed by atoms with Crippen LogP contribution in [0.25, 0.3) is 0 Å². The van der Waals surface area contributed by atoms with E-state index in [4.69, 9.17) is 4.74 Å². The molecule has 0 unspecified atom stereocenters. The van der Waals surface area contributed by atoms with Gasteiger partial charge in [-0.3, -0.25) is 9.78 Å². The molecule has 1 heterocycles. The summed E-state index contributed by atoms with van der Waals surface area (Å²) in [7, 11) is 0. The zero-order valence-corrected chi connectivity index (χ0v) is 12.8. The van der Waals surface area contributed by atoms with Crippen molar-refractivity contribution in [3.8, 4) is 11.5 Å². The van der Waals surface area contributed by atoms with Crippen molar-refractivity contribution in [3.05, 3.63) is 90.3 Å². The van der Waals surface area contributed by atoms with E-state index in [1.807, 2.05) is 54.6 Å². The maximum atomic E-state index is 11.8. The molecule has 0 saturated heterocycles. The first-order chi connectivity index (χ1) is 11.8. The number of rotatable bonds is 5. The van der Waals surface area contributed by atoms with Crippen molar-refractivity contribution in [1.29, 1.82) is 0 Å². The Morgan fingerprint density at radius 1 is 0.958 bits per heavy atom. The van der Waals surface area contributed by atoms with Crippen molar-refractivity contribution in [1.82, 2.24) is 10.4 Å². The van der Waals surface area contributed by atoms with Crippen LogP contribution < -0.4 is 10.2 Å². The average Bonchev–Trinajstić information content (AvgIpc) is 2.65. The van der Waals surface area contributed by atoms with Gasteiger partial charge in [-0.05, 0) is 54.1 Å². The van der Waals surface area contributed by atoms with E-state index in [0.29, 0.717) is 5.56 Å². The Morgan fingerprint density at radius 2 is 1.71 bits per heavy atom. The number of ether oxygens (including phenoxy) is 1. The van der Waals surface area contributed by atoms with Gasteiger partial charge in [-0.15, -0.1) is 0 Å². The first kappa shape index (κ1) is 15.4. The fourth-order valence-electron chi connectivity index (χ4n) is 1.97. The van der Waals surface area contributed by atoms with Gasteiger partial charge >= 0.3 is 0 Å². The highest BCUT2D eigenvalue weighted by Gasteiger charge is 2.02. The van der Waals surface area contributed by atoms with E-state index >= 15 is 0 Å². The molecule has 0 saturated carbocycles. The summed E-state index contributed by atoms with van der Waals surface area (Å²) >= 11 is 0. The van der Waals surface area contributed by atoms with Gasteiger partial charge in [-0.2, -0.15) is 5.10 Å². The second-order valence-electron chi connectivity index (χ2n) is 4.92. The molecule has 5 nitrogen and oxygen atoms in total. The maximum Gasteiger partial charge on any atom is 0.272 e. The van der Waals surface area contributed by atoms with E-state index in [9.17, 15) is 4.79 Å². The molecule has 118 valence electrons. The Labute approximate surface area is 139 Å². The molecule has 0 fully saturated rings. The van der Waals surface area contributed by atoms with Crippen LogP contribution in [0.3, 0.4) is 0 Å². The molecule has 0 atom stereocenters. The standard InChI is InChI=1S/C19H15N3O2/c23-19(16-5-4-12-20-14-16)22-21-13-15-8-10-18(11-9-15)24-17-6-2-1-3-7-17/h1-14H,(H,22,23). The minimum atomic E-state index is -0.302. The van der Waals surface area contributed by atoms with Crippen molar-refractivity contribution in [3.63, 3.8) is 0 Å². The lowest BCUT2D eigenvalue weighted by Crippen LogP contribution is -2.17. The van der Waals surface area contributed by atoms with Crippen LogP contribution in [0.15, 0.2) is 84.2 Å². The Kier molecular flexibility index (Phi) is 4.94. The second-order valence-corrected chi connectivity index (χ2v) is 4.92. The minimum Gasteiger partial charge on any atom is -0.457 e. The predicted molar refractivity (Wildman–Crippen MR) is 92.3 cm³/mol. The number of pyridine rings is 1. The molecule has 24 heavy (non-hydrogen) atoms. The Hall–Kier alpha value is -3.47. The van der Waals surface area contributed by atoms with Gasteiger partial charge in [-0.1, -0.05) is 18.2 Å². The van der Waals surface area contributed by atoms with E-state index in [-0.39, 0.29) is 5.91 Å². The topological polar surface area (TPSA) is 63.6 Å². The van der Waals surface area contributed by atoms with Crippen LogP contribution in [0, 0.1) is 0 Å². The average molecular weight is 317 g/mol. The van der Waals surface area contributed by atoms with E-state index in [2.05, 4.69) is 15.5 Å². The van der Waals surface area contributed by atoms with Crippen LogP contribution in [0.2, 0.25) is 0 Å². The van der Waals surface area contributed by atoms with Crippen molar-refractivity contribution in [2.24, 2.45) is 5.10 Å². The number of carbonyl (C=O) groups excluding carboxylic acids is 1. The smallest absolute Gasteiger partial charge is 0.272 e. The first-order valence-electron chi connectivity index (χ1n) is 7.38. The predicted octanol–water partition coefficient (Wildman–Crippen LogP) is 3.64. The molecule has 0 aliphatic rings. The molecule has 1 N–H and O–H groups in total. The normalized spacial score (nSPS) is 10.5. The monoisotopic (exact) mass is 317 g/mol. The number of hydrogen-bond acceptors (Lipinski definition) is 4.